The second kappa shape index (κ2) is 7.16. The van der Waals surface area contributed by atoms with E-state index in [9.17, 15) is 24.9 Å². The zero-order valence-corrected chi connectivity index (χ0v) is 21.0. The number of rotatable bonds is 4. The van der Waals surface area contributed by atoms with Gasteiger partial charge in [0, 0.05) is 55.3 Å². The molecule has 5 rings (SSSR count). The van der Waals surface area contributed by atoms with Gasteiger partial charge in [-0.1, -0.05) is 20.8 Å². The van der Waals surface area contributed by atoms with Gasteiger partial charge < -0.3 is 34.3 Å². The summed E-state index contributed by atoms with van der Waals surface area (Å²) in [6.45, 7) is 12.3. The first kappa shape index (κ1) is 24.4. The van der Waals surface area contributed by atoms with Crippen molar-refractivity contribution in [2.75, 3.05) is 13.2 Å². The molecule has 1 saturated carbocycles. The molecule has 0 aromatic heterocycles. The molecule has 1 aliphatic carbocycles. The van der Waals surface area contributed by atoms with Gasteiger partial charge in [-0.25, -0.2) is 0 Å². The Morgan fingerprint density at radius 2 is 1.12 bits per heavy atom. The first-order chi connectivity index (χ1) is 15.7. The van der Waals surface area contributed by atoms with E-state index < -0.39 is 76.3 Å². The molecule has 5 fully saturated rings. The van der Waals surface area contributed by atoms with E-state index in [1.165, 1.54) is 13.8 Å². The molecule has 3 N–H and O–H groups in total. The maximum absolute atomic E-state index is 12.1. The predicted molar refractivity (Wildman–Crippen MR) is 117 cm³/mol. The van der Waals surface area contributed by atoms with Gasteiger partial charge in [0.2, 0.25) is 0 Å². The van der Waals surface area contributed by atoms with Crippen LogP contribution in [-0.2, 0) is 28.5 Å². The Kier molecular flexibility index (Phi) is 5.14. The Bertz CT molecular complexity index is 839. The lowest BCUT2D eigenvalue weighted by atomic mass is 9.43. The smallest absolute Gasteiger partial charge is 0.302 e. The SMILES string of the molecule is CC(=O)OC[C@@H]1[C@H]2C(O)[C@H]3[C@H](COC(C)=O)[C@@]4(C)O[C@]3(C(C)[C@@]23O[C@]1(C)[C@H](O)[C@H]3C)[C@@H](C)[C@@H]4O. The lowest BCUT2D eigenvalue weighted by Gasteiger charge is -2.62. The molecule has 4 saturated heterocycles. The molecule has 2 unspecified atom stereocenters. The molecule has 34 heavy (non-hydrogen) atoms. The summed E-state index contributed by atoms with van der Waals surface area (Å²) in [5.41, 5.74) is -3.91. The van der Waals surface area contributed by atoms with Gasteiger partial charge in [0.1, 0.15) is 0 Å². The van der Waals surface area contributed by atoms with Crippen LogP contribution in [-0.4, -0.2) is 81.2 Å². The van der Waals surface area contributed by atoms with Crippen molar-refractivity contribution in [2.45, 2.75) is 89.2 Å². The molecule has 2 spiro atoms. The van der Waals surface area contributed by atoms with Crippen LogP contribution in [0.3, 0.4) is 0 Å². The Morgan fingerprint density at radius 3 is 1.44 bits per heavy atom. The molecule has 4 heterocycles. The third-order valence-corrected chi connectivity index (χ3v) is 10.7. The largest absolute Gasteiger partial charge is 0.465 e. The molecule has 0 amide bonds. The minimum atomic E-state index is -1.01. The van der Waals surface area contributed by atoms with Crippen LogP contribution in [0.5, 0.6) is 0 Å². The van der Waals surface area contributed by atoms with Crippen LogP contribution >= 0.6 is 0 Å². The fourth-order valence-corrected chi connectivity index (χ4v) is 9.31. The summed E-state index contributed by atoms with van der Waals surface area (Å²) in [7, 11) is 0. The second-order valence-electron chi connectivity index (χ2n) is 11.8. The summed E-state index contributed by atoms with van der Waals surface area (Å²) in [6, 6.07) is 0. The van der Waals surface area contributed by atoms with Gasteiger partial charge in [-0.3, -0.25) is 9.59 Å². The monoisotopic (exact) mass is 482 g/mol. The van der Waals surface area contributed by atoms with E-state index in [0.717, 1.165) is 0 Å². The van der Waals surface area contributed by atoms with Crippen molar-refractivity contribution < 1.29 is 43.9 Å². The van der Waals surface area contributed by atoms with Crippen molar-refractivity contribution >= 4 is 11.9 Å². The van der Waals surface area contributed by atoms with E-state index in [4.69, 9.17) is 18.9 Å². The molecule has 192 valence electrons. The lowest BCUT2D eigenvalue weighted by Crippen LogP contribution is -2.74. The minimum Gasteiger partial charge on any atom is -0.465 e. The molecule has 0 radical (unpaired) electrons. The summed E-state index contributed by atoms with van der Waals surface area (Å²) >= 11 is 0. The van der Waals surface area contributed by atoms with Crippen molar-refractivity contribution in [1.82, 2.24) is 0 Å². The molecule has 9 nitrogen and oxygen atoms in total. The minimum absolute atomic E-state index is 0.0243. The standard InChI is InChI=1S/C25H38O9/c1-10-20(29)22(6)15(8-31-13(4)26)17-19(28)18-16(9-32-14(5)27)23(7)21(30)11(2)25(18,34-23)12(3)24(10,17)33-22/h10-12,15-21,28-30H,8-9H2,1-7H3/t10-,11+,12?,15-,16+,17+,18-,19?,20-,21+,22+,23-,24-,25+. The highest BCUT2D eigenvalue weighted by Crippen LogP contribution is 2.75. The number of ether oxygens (including phenoxy) is 4. The van der Waals surface area contributed by atoms with E-state index in [0.29, 0.717) is 0 Å². The Labute approximate surface area is 200 Å². The maximum atomic E-state index is 12.1. The molecular formula is C25H38O9. The number of aliphatic hydroxyl groups excluding tert-OH is 3. The molecule has 0 aromatic carbocycles. The van der Waals surface area contributed by atoms with Gasteiger partial charge in [0.15, 0.2) is 0 Å². The van der Waals surface area contributed by atoms with E-state index in [2.05, 4.69) is 0 Å². The molecule has 9 heteroatoms. The molecule has 14 atom stereocenters. The van der Waals surface area contributed by atoms with Crippen LogP contribution in [0.1, 0.15) is 48.5 Å². The van der Waals surface area contributed by atoms with Gasteiger partial charge >= 0.3 is 11.9 Å². The van der Waals surface area contributed by atoms with Crippen molar-refractivity contribution in [3.63, 3.8) is 0 Å². The zero-order chi connectivity index (χ0) is 25.2. The van der Waals surface area contributed by atoms with Crippen LogP contribution in [0.2, 0.25) is 0 Å². The van der Waals surface area contributed by atoms with E-state index >= 15 is 0 Å². The zero-order valence-electron chi connectivity index (χ0n) is 21.0. The third kappa shape index (κ3) is 2.48. The summed E-state index contributed by atoms with van der Waals surface area (Å²) in [6.07, 6.45) is -2.58. The first-order valence-corrected chi connectivity index (χ1v) is 12.4. The predicted octanol–water partition coefficient (Wildman–Crippen LogP) is 0.665. The summed E-state index contributed by atoms with van der Waals surface area (Å²) in [4.78, 5) is 23.4. The fourth-order valence-electron chi connectivity index (χ4n) is 9.31. The Hall–Kier alpha value is -1.26. The number of hydrogen-bond acceptors (Lipinski definition) is 9. The number of hydrogen-bond donors (Lipinski definition) is 3. The van der Waals surface area contributed by atoms with Crippen LogP contribution in [0, 0.1) is 41.4 Å². The topological polar surface area (TPSA) is 132 Å². The van der Waals surface area contributed by atoms with E-state index in [1.54, 1.807) is 0 Å². The van der Waals surface area contributed by atoms with Crippen LogP contribution in [0.4, 0.5) is 0 Å². The van der Waals surface area contributed by atoms with E-state index in [-0.39, 0.29) is 31.0 Å². The molecule has 4 bridgehead atoms. The van der Waals surface area contributed by atoms with Crippen molar-refractivity contribution in [1.29, 1.82) is 0 Å². The number of aliphatic hydroxyl groups is 3. The third-order valence-electron chi connectivity index (χ3n) is 10.7. The lowest BCUT2D eigenvalue weighted by molar-refractivity contribution is -0.248. The molecule has 0 aromatic rings. The number of carbonyl (C=O) groups excluding carboxylic acids is 2. The average Bonchev–Trinajstić information content (AvgIpc) is 3.34. The van der Waals surface area contributed by atoms with Crippen molar-refractivity contribution in [3.05, 3.63) is 0 Å². The first-order valence-electron chi connectivity index (χ1n) is 12.4. The van der Waals surface area contributed by atoms with Gasteiger partial charge in [-0.2, -0.15) is 0 Å². The number of fused-ring (bicyclic) bond motifs is 2. The summed E-state index contributed by atoms with van der Waals surface area (Å²) < 4.78 is 24.3. The normalized spacial score (nSPS) is 59.0. The van der Waals surface area contributed by atoms with Crippen molar-refractivity contribution in [2.24, 2.45) is 41.4 Å². The highest BCUT2D eigenvalue weighted by Gasteiger charge is 2.87. The van der Waals surface area contributed by atoms with Crippen LogP contribution in [0.25, 0.3) is 0 Å². The fraction of sp³-hybridized carbons (Fsp3) is 0.920. The highest BCUT2D eigenvalue weighted by atomic mass is 16.6. The Morgan fingerprint density at radius 1 is 0.765 bits per heavy atom. The molecule has 5 aliphatic rings. The summed E-state index contributed by atoms with van der Waals surface area (Å²) in [5.74, 6) is -3.53. The van der Waals surface area contributed by atoms with Crippen LogP contribution in [0.15, 0.2) is 0 Å². The van der Waals surface area contributed by atoms with Crippen molar-refractivity contribution in [3.8, 4) is 0 Å². The highest BCUT2D eigenvalue weighted by molar-refractivity contribution is 5.66. The van der Waals surface area contributed by atoms with Gasteiger partial charge in [0.25, 0.3) is 0 Å². The number of esters is 2. The van der Waals surface area contributed by atoms with E-state index in [1.807, 2.05) is 34.6 Å². The number of carbonyl (C=O) groups is 2. The van der Waals surface area contributed by atoms with Gasteiger partial charge in [-0.05, 0) is 13.8 Å². The van der Waals surface area contributed by atoms with Crippen LogP contribution < -0.4 is 0 Å². The summed E-state index contributed by atoms with van der Waals surface area (Å²) in [5, 5.41) is 34.7. The molecule has 4 aliphatic heterocycles. The Balaban J connectivity index is 1.65. The molecular weight excluding hydrogens is 444 g/mol. The quantitative estimate of drug-likeness (QED) is 0.495. The average molecular weight is 483 g/mol. The van der Waals surface area contributed by atoms with Gasteiger partial charge in [-0.15, -0.1) is 0 Å². The maximum Gasteiger partial charge on any atom is 0.302 e. The van der Waals surface area contributed by atoms with Gasteiger partial charge in [0.05, 0.1) is 53.9 Å². The second-order valence-corrected chi connectivity index (χ2v) is 11.8.